The summed E-state index contributed by atoms with van der Waals surface area (Å²) in [6.07, 6.45) is 2.96. The molecule has 4 rings (SSSR count). The van der Waals surface area contributed by atoms with Crippen molar-refractivity contribution in [2.24, 2.45) is 0 Å². The van der Waals surface area contributed by atoms with Gasteiger partial charge in [-0.15, -0.1) is 0 Å². The monoisotopic (exact) mass is 609 g/mol. The molecule has 40 heavy (non-hydrogen) atoms. The second-order valence-corrected chi connectivity index (χ2v) is 27.1. The van der Waals surface area contributed by atoms with Gasteiger partial charge in [-0.3, -0.25) is 0 Å². The summed E-state index contributed by atoms with van der Waals surface area (Å²) in [4.78, 5) is 0.314. The van der Waals surface area contributed by atoms with Crippen LogP contribution in [0.1, 0.15) is 93.6 Å². The Bertz CT molecular complexity index is 1150. The summed E-state index contributed by atoms with van der Waals surface area (Å²) >= 11 is 0. The zero-order chi connectivity index (χ0) is 30.1. The molecule has 2 saturated heterocycles. The first-order valence-corrected chi connectivity index (χ1v) is 21.9. The molecule has 1 aliphatic carbocycles. The van der Waals surface area contributed by atoms with Gasteiger partial charge in [-0.2, -0.15) is 4.31 Å². The van der Waals surface area contributed by atoms with E-state index in [1.54, 1.807) is 16.4 Å². The molecule has 228 valence electrons. The van der Waals surface area contributed by atoms with Gasteiger partial charge >= 0.3 is 0 Å². The highest BCUT2D eigenvalue weighted by Crippen LogP contribution is 2.65. The van der Waals surface area contributed by atoms with Crippen LogP contribution in [0.5, 0.6) is 0 Å². The minimum atomic E-state index is -3.87. The molecule has 1 aromatic rings. The van der Waals surface area contributed by atoms with Crippen molar-refractivity contribution >= 4 is 26.7 Å². The van der Waals surface area contributed by atoms with Crippen molar-refractivity contribution < 1.29 is 22.0 Å². The van der Waals surface area contributed by atoms with Crippen LogP contribution in [0.25, 0.3) is 0 Å². The zero-order valence-electron chi connectivity index (χ0n) is 27.1. The summed E-state index contributed by atoms with van der Waals surface area (Å²) in [5, 5.41) is 0.0297. The number of nitrogens with zero attached hydrogens (tertiary/aromatic N) is 1. The highest BCUT2D eigenvalue weighted by Gasteiger charge is 2.79. The van der Waals surface area contributed by atoms with Gasteiger partial charge in [0.2, 0.25) is 18.3 Å². The summed E-state index contributed by atoms with van der Waals surface area (Å²) in [5.41, 5.74) is 0.644. The number of ether oxygens (including phenoxy) is 1. The van der Waals surface area contributed by atoms with E-state index in [2.05, 4.69) is 75.4 Å². The average Bonchev–Trinajstić information content (AvgIpc) is 3.52. The highest BCUT2D eigenvalue weighted by molar-refractivity contribution is 7.89. The molecule has 0 N–H and O–H groups in total. The summed E-state index contributed by atoms with van der Waals surface area (Å²) < 4.78 is 52.0. The van der Waals surface area contributed by atoms with Crippen LogP contribution in [0.3, 0.4) is 0 Å². The quantitative estimate of drug-likeness (QED) is 0.199. The Balaban J connectivity index is 1.81. The number of hydrogen-bond acceptors (Lipinski definition) is 5. The van der Waals surface area contributed by atoms with E-state index < -0.39 is 38.0 Å². The first-order valence-electron chi connectivity index (χ1n) is 15.4. The number of epoxide rings is 1. The van der Waals surface area contributed by atoms with E-state index in [4.69, 9.17) is 13.6 Å². The van der Waals surface area contributed by atoms with Crippen LogP contribution in [0.2, 0.25) is 34.8 Å². The van der Waals surface area contributed by atoms with Gasteiger partial charge in [0.05, 0.1) is 11.0 Å². The Morgan fingerprint density at radius 3 is 1.93 bits per heavy atom. The fraction of sp³-hybridized carbons (Fsp3) is 0.806. The predicted octanol–water partition coefficient (Wildman–Crippen LogP) is 7.99. The standard InChI is InChI=1S/C31H55NO5SSi2/c1-22(2)40(23(3)4,24(5)6)37-30(18-13-19-30)31-28(35-31)20-26(36-39(11,12)29(8,9)10)21-32(31)38(33,34)27-16-14-25(7)15-17-27/h14-17,22-24,26,28H,13,18-21H2,1-12H3/t26-,28-,31+/m0/s1. The summed E-state index contributed by atoms with van der Waals surface area (Å²) in [6.45, 7) is 27.2. The molecule has 0 aromatic heterocycles. The molecule has 0 amide bonds. The number of rotatable bonds is 10. The van der Waals surface area contributed by atoms with Gasteiger partial charge in [0, 0.05) is 13.0 Å². The van der Waals surface area contributed by atoms with Crippen molar-refractivity contribution in [3.8, 4) is 0 Å². The third-order valence-electron chi connectivity index (χ3n) is 10.7. The maximum absolute atomic E-state index is 14.6. The van der Waals surface area contributed by atoms with Crippen LogP contribution in [-0.4, -0.2) is 59.4 Å². The fourth-order valence-corrected chi connectivity index (χ4v) is 16.3. The van der Waals surface area contributed by atoms with Crippen molar-refractivity contribution in [2.75, 3.05) is 6.54 Å². The summed E-state index contributed by atoms with van der Waals surface area (Å²) in [7, 11) is -8.31. The lowest BCUT2D eigenvalue weighted by Gasteiger charge is -2.58. The lowest BCUT2D eigenvalue weighted by atomic mass is 9.72. The van der Waals surface area contributed by atoms with Crippen molar-refractivity contribution in [3.63, 3.8) is 0 Å². The molecule has 1 aromatic carbocycles. The number of benzene rings is 1. The second-order valence-electron chi connectivity index (χ2n) is 15.2. The Morgan fingerprint density at radius 1 is 0.975 bits per heavy atom. The average molecular weight is 610 g/mol. The number of piperidine rings is 1. The molecule has 2 aliphatic heterocycles. The van der Waals surface area contributed by atoms with Gasteiger partial charge in [0.15, 0.2) is 14.0 Å². The van der Waals surface area contributed by atoms with Crippen molar-refractivity contribution in [1.29, 1.82) is 0 Å². The molecular formula is C31H55NO5SSi2. The molecule has 6 nitrogen and oxygen atoms in total. The number of hydrogen-bond donors (Lipinski definition) is 0. The molecule has 3 atom stereocenters. The van der Waals surface area contributed by atoms with Crippen LogP contribution >= 0.6 is 0 Å². The second kappa shape index (κ2) is 10.6. The lowest BCUT2D eigenvalue weighted by molar-refractivity contribution is -0.133. The Kier molecular flexibility index (Phi) is 8.54. The molecule has 0 spiro atoms. The minimum absolute atomic E-state index is 0.0297. The first-order chi connectivity index (χ1) is 18.3. The zero-order valence-corrected chi connectivity index (χ0v) is 29.9. The number of fused-ring (bicyclic) bond motifs is 1. The van der Waals surface area contributed by atoms with Gasteiger partial charge in [-0.05, 0) is 73.1 Å². The maximum Gasteiger partial charge on any atom is 0.245 e. The van der Waals surface area contributed by atoms with Gasteiger partial charge in [0.25, 0.3) is 0 Å². The van der Waals surface area contributed by atoms with Crippen LogP contribution < -0.4 is 0 Å². The molecule has 3 fully saturated rings. The smallest absolute Gasteiger partial charge is 0.245 e. The topological polar surface area (TPSA) is 68.4 Å². The molecule has 0 radical (unpaired) electrons. The minimum Gasteiger partial charge on any atom is -0.412 e. The molecular weight excluding hydrogens is 555 g/mol. The third kappa shape index (κ3) is 5.03. The van der Waals surface area contributed by atoms with E-state index in [-0.39, 0.29) is 17.2 Å². The number of aryl methyl sites for hydroxylation is 1. The molecule has 2 heterocycles. The largest absolute Gasteiger partial charge is 0.412 e. The van der Waals surface area contributed by atoms with Crippen molar-refractivity contribution in [2.45, 2.75) is 158 Å². The van der Waals surface area contributed by atoms with Crippen molar-refractivity contribution in [3.05, 3.63) is 29.8 Å². The Labute approximate surface area is 246 Å². The third-order valence-corrected chi connectivity index (χ3v) is 23.2. The molecule has 1 saturated carbocycles. The van der Waals surface area contributed by atoms with Gasteiger partial charge in [-0.1, -0.05) is 80.0 Å². The van der Waals surface area contributed by atoms with Gasteiger partial charge in [-0.25, -0.2) is 8.42 Å². The first kappa shape index (κ1) is 32.4. The predicted molar refractivity (Wildman–Crippen MR) is 168 cm³/mol. The van der Waals surface area contributed by atoms with Crippen LogP contribution in [0, 0.1) is 6.92 Å². The molecule has 0 bridgehead atoms. The van der Waals surface area contributed by atoms with E-state index in [9.17, 15) is 8.42 Å². The highest BCUT2D eigenvalue weighted by atomic mass is 32.2. The van der Waals surface area contributed by atoms with E-state index in [1.165, 1.54) is 0 Å². The normalized spacial score (nSPS) is 27.7. The summed E-state index contributed by atoms with van der Waals surface area (Å²) in [6, 6.07) is 7.22. The maximum atomic E-state index is 14.6. The van der Waals surface area contributed by atoms with Crippen molar-refractivity contribution in [1.82, 2.24) is 4.31 Å². The van der Waals surface area contributed by atoms with Gasteiger partial charge < -0.3 is 13.6 Å². The Morgan fingerprint density at radius 2 is 1.50 bits per heavy atom. The molecule has 3 aliphatic rings. The number of sulfonamides is 1. The van der Waals surface area contributed by atoms with E-state index in [0.29, 0.717) is 34.5 Å². The van der Waals surface area contributed by atoms with Gasteiger partial charge in [0.1, 0.15) is 11.7 Å². The Hall–Kier alpha value is -0.556. The van der Waals surface area contributed by atoms with E-state index in [1.807, 2.05) is 19.1 Å². The molecule has 9 heteroatoms. The van der Waals surface area contributed by atoms with Crippen LogP contribution in [-0.2, 0) is 23.6 Å². The fourth-order valence-electron chi connectivity index (χ4n) is 7.39. The lowest BCUT2D eigenvalue weighted by Crippen LogP contribution is -2.70. The molecule has 0 unspecified atom stereocenters. The van der Waals surface area contributed by atoms with E-state index in [0.717, 1.165) is 24.8 Å². The van der Waals surface area contributed by atoms with E-state index >= 15 is 0 Å². The SMILES string of the molecule is Cc1ccc(S(=O)(=O)N2C[C@@H](O[Si](C)(C)C(C)(C)C)C[C@@H]3O[C@@]32C2(O[Si](C(C)C)(C(C)C)C(C)C)CCC2)cc1. The summed E-state index contributed by atoms with van der Waals surface area (Å²) in [5.74, 6) is 0. The van der Waals surface area contributed by atoms with Crippen LogP contribution in [0.4, 0.5) is 0 Å². The van der Waals surface area contributed by atoms with Crippen LogP contribution in [0.15, 0.2) is 29.2 Å².